The molecule has 1 aromatic carbocycles. The van der Waals surface area contributed by atoms with E-state index in [1.165, 1.54) is 0 Å². The first-order valence-corrected chi connectivity index (χ1v) is 8.32. The summed E-state index contributed by atoms with van der Waals surface area (Å²) in [6, 6.07) is 8.61. The summed E-state index contributed by atoms with van der Waals surface area (Å²) in [5, 5.41) is 12.6. The summed E-state index contributed by atoms with van der Waals surface area (Å²) in [5.74, 6) is -0.188. The summed E-state index contributed by atoms with van der Waals surface area (Å²) in [5.41, 5.74) is 0.606. The number of hydrogen-bond donors (Lipinski definition) is 2. The Morgan fingerprint density at radius 3 is 2.61 bits per heavy atom. The Morgan fingerprint density at radius 1 is 1.26 bits per heavy atom. The van der Waals surface area contributed by atoms with E-state index in [9.17, 15) is 14.7 Å². The maximum atomic E-state index is 12.7. The summed E-state index contributed by atoms with van der Waals surface area (Å²) in [4.78, 5) is 26.8. The number of hydrogen-bond acceptors (Lipinski definition) is 3. The number of carbonyl (C=O) groups excluding carboxylic acids is 2. The van der Waals surface area contributed by atoms with Crippen LogP contribution in [0.25, 0.3) is 0 Å². The van der Waals surface area contributed by atoms with Crippen molar-refractivity contribution in [2.75, 3.05) is 13.1 Å². The number of nitrogens with zero attached hydrogens (tertiary/aromatic N) is 1. The smallest absolute Gasteiger partial charge is 0.254 e. The molecule has 5 nitrogen and oxygen atoms in total. The lowest BCUT2D eigenvalue weighted by Crippen LogP contribution is -2.53. The molecule has 0 saturated carbocycles. The van der Waals surface area contributed by atoms with Crippen molar-refractivity contribution in [1.29, 1.82) is 0 Å². The van der Waals surface area contributed by atoms with Crippen molar-refractivity contribution < 1.29 is 14.7 Å². The van der Waals surface area contributed by atoms with Crippen molar-refractivity contribution in [1.82, 2.24) is 10.2 Å². The molecule has 1 saturated heterocycles. The average Bonchev–Trinajstić information content (AvgIpc) is 2.59. The van der Waals surface area contributed by atoms with Crippen molar-refractivity contribution in [3.8, 4) is 0 Å². The molecule has 2 atom stereocenters. The molecule has 23 heavy (non-hydrogen) atoms. The Balaban J connectivity index is 2.03. The summed E-state index contributed by atoms with van der Waals surface area (Å²) in [6.07, 6.45) is 1.95. The lowest BCUT2D eigenvalue weighted by Gasteiger charge is -2.35. The number of rotatable bonds is 5. The fourth-order valence-corrected chi connectivity index (χ4v) is 2.75. The van der Waals surface area contributed by atoms with Gasteiger partial charge in [-0.15, -0.1) is 0 Å². The largest absolute Gasteiger partial charge is 0.391 e. The molecular formula is C18H26N2O3. The molecule has 126 valence electrons. The molecule has 0 aliphatic carbocycles. The Kier molecular flexibility index (Phi) is 6.16. The fourth-order valence-electron chi connectivity index (χ4n) is 2.75. The lowest BCUT2D eigenvalue weighted by atomic mass is 9.99. The van der Waals surface area contributed by atoms with Crippen LogP contribution in [0, 0.1) is 5.92 Å². The van der Waals surface area contributed by atoms with Gasteiger partial charge in [0.05, 0.1) is 6.10 Å². The Labute approximate surface area is 137 Å². The van der Waals surface area contributed by atoms with Crippen LogP contribution < -0.4 is 5.32 Å². The Hall–Kier alpha value is -1.88. The second kappa shape index (κ2) is 8.11. The van der Waals surface area contributed by atoms with Gasteiger partial charge in [0.1, 0.15) is 6.04 Å². The topological polar surface area (TPSA) is 69.6 Å². The summed E-state index contributed by atoms with van der Waals surface area (Å²) < 4.78 is 0. The van der Waals surface area contributed by atoms with Gasteiger partial charge in [-0.1, -0.05) is 32.0 Å². The van der Waals surface area contributed by atoms with Crippen LogP contribution in [0.4, 0.5) is 0 Å². The zero-order chi connectivity index (χ0) is 16.8. The third-order valence-corrected chi connectivity index (χ3v) is 4.34. The number of nitrogens with one attached hydrogen (secondary N) is 1. The van der Waals surface area contributed by atoms with Crippen molar-refractivity contribution in [2.45, 2.75) is 45.3 Å². The second-order valence-corrected chi connectivity index (χ2v) is 6.43. The molecule has 5 heteroatoms. The second-order valence-electron chi connectivity index (χ2n) is 6.43. The Morgan fingerprint density at radius 2 is 1.96 bits per heavy atom. The first kappa shape index (κ1) is 17.5. The van der Waals surface area contributed by atoms with Gasteiger partial charge in [0.2, 0.25) is 5.91 Å². The molecule has 0 radical (unpaired) electrons. The molecule has 2 unspecified atom stereocenters. The standard InChI is InChI=1S/C18H26N2O3/c1-13(2)16(21)12-19-17(22)15-10-6-7-11-20(15)18(23)14-8-4-3-5-9-14/h3-5,8-9,13,15-16,21H,6-7,10-12H2,1-2H3,(H,19,22). The number of benzene rings is 1. The van der Waals surface area contributed by atoms with Gasteiger partial charge < -0.3 is 15.3 Å². The molecule has 0 bridgehead atoms. The van der Waals surface area contributed by atoms with Crippen LogP contribution >= 0.6 is 0 Å². The third kappa shape index (κ3) is 4.55. The summed E-state index contributed by atoms with van der Waals surface area (Å²) >= 11 is 0. The fraction of sp³-hybridized carbons (Fsp3) is 0.556. The maximum absolute atomic E-state index is 12.7. The first-order chi connectivity index (χ1) is 11.0. The highest BCUT2D eigenvalue weighted by molar-refractivity contribution is 5.97. The lowest BCUT2D eigenvalue weighted by molar-refractivity contribution is -0.127. The van der Waals surface area contributed by atoms with Crippen LogP contribution in [0.2, 0.25) is 0 Å². The van der Waals surface area contributed by atoms with Gasteiger partial charge in [-0.3, -0.25) is 9.59 Å². The van der Waals surface area contributed by atoms with Crippen LogP contribution in [0.15, 0.2) is 30.3 Å². The third-order valence-electron chi connectivity index (χ3n) is 4.34. The molecule has 1 aromatic rings. The van der Waals surface area contributed by atoms with Crippen molar-refractivity contribution in [3.05, 3.63) is 35.9 Å². The van der Waals surface area contributed by atoms with Crippen LogP contribution in [0.1, 0.15) is 43.5 Å². The maximum Gasteiger partial charge on any atom is 0.254 e. The average molecular weight is 318 g/mol. The predicted octanol–water partition coefficient (Wildman–Crippen LogP) is 1.81. The van der Waals surface area contributed by atoms with Gasteiger partial charge in [-0.2, -0.15) is 0 Å². The quantitative estimate of drug-likeness (QED) is 0.870. The van der Waals surface area contributed by atoms with E-state index in [-0.39, 0.29) is 24.3 Å². The summed E-state index contributed by atoms with van der Waals surface area (Å²) in [6.45, 7) is 4.63. The van der Waals surface area contributed by atoms with Gasteiger partial charge in [0, 0.05) is 18.7 Å². The predicted molar refractivity (Wildman–Crippen MR) is 89.0 cm³/mol. The molecule has 2 N–H and O–H groups in total. The van der Waals surface area contributed by atoms with Crippen LogP contribution in [-0.2, 0) is 4.79 Å². The SMILES string of the molecule is CC(C)C(O)CNC(=O)C1CCCCN1C(=O)c1ccccc1. The highest BCUT2D eigenvalue weighted by atomic mass is 16.3. The first-order valence-electron chi connectivity index (χ1n) is 8.32. The van der Waals surface area contributed by atoms with Gasteiger partial charge in [-0.05, 0) is 37.3 Å². The van der Waals surface area contributed by atoms with E-state index < -0.39 is 12.1 Å². The van der Waals surface area contributed by atoms with Crippen molar-refractivity contribution in [2.24, 2.45) is 5.92 Å². The number of likely N-dealkylation sites (tertiary alicyclic amines) is 1. The highest BCUT2D eigenvalue weighted by Gasteiger charge is 2.32. The van der Waals surface area contributed by atoms with E-state index in [1.54, 1.807) is 17.0 Å². The van der Waals surface area contributed by atoms with Crippen molar-refractivity contribution >= 4 is 11.8 Å². The molecular weight excluding hydrogens is 292 g/mol. The number of piperidine rings is 1. The van der Waals surface area contributed by atoms with Crippen molar-refractivity contribution in [3.63, 3.8) is 0 Å². The van der Waals surface area contributed by atoms with E-state index in [4.69, 9.17) is 0 Å². The minimum atomic E-state index is -0.569. The van der Waals surface area contributed by atoms with E-state index in [1.807, 2.05) is 32.0 Å². The van der Waals surface area contributed by atoms with E-state index in [0.717, 1.165) is 12.8 Å². The molecule has 0 aromatic heterocycles. The van der Waals surface area contributed by atoms with Crippen LogP contribution in [-0.4, -0.2) is 47.1 Å². The van der Waals surface area contributed by atoms with E-state index in [0.29, 0.717) is 18.5 Å². The molecule has 2 amide bonds. The van der Waals surface area contributed by atoms with Crippen LogP contribution in [0.3, 0.4) is 0 Å². The Bertz CT molecular complexity index is 530. The molecule has 1 aliphatic heterocycles. The molecule has 1 fully saturated rings. The normalized spacial score (nSPS) is 19.5. The van der Waals surface area contributed by atoms with E-state index in [2.05, 4.69) is 5.32 Å². The van der Waals surface area contributed by atoms with Gasteiger partial charge >= 0.3 is 0 Å². The summed E-state index contributed by atoms with van der Waals surface area (Å²) in [7, 11) is 0. The number of aliphatic hydroxyl groups excluding tert-OH is 1. The molecule has 0 spiro atoms. The molecule has 2 rings (SSSR count). The highest BCUT2D eigenvalue weighted by Crippen LogP contribution is 2.20. The zero-order valence-electron chi connectivity index (χ0n) is 13.9. The van der Waals surface area contributed by atoms with Gasteiger partial charge in [0.15, 0.2) is 0 Å². The number of amides is 2. The number of aliphatic hydroxyl groups is 1. The zero-order valence-corrected chi connectivity index (χ0v) is 13.9. The van der Waals surface area contributed by atoms with Crippen LogP contribution in [0.5, 0.6) is 0 Å². The van der Waals surface area contributed by atoms with Gasteiger partial charge in [0.25, 0.3) is 5.91 Å². The van der Waals surface area contributed by atoms with E-state index >= 15 is 0 Å². The number of carbonyl (C=O) groups is 2. The molecule has 1 heterocycles. The molecule has 1 aliphatic rings. The monoisotopic (exact) mass is 318 g/mol. The van der Waals surface area contributed by atoms with Gasteiger partial charge in [-0.25, -0.2) is 0 Å². The minimum absolute atomic E-state index is 0.0868. The minimum Gasteiger partial charge on any atom is -0.391 e.